The zero-order valence-corrected chi connectivity index (χ0v) is 17.3. The number of amides is 1. The van der Waals surface area contributed by atoms with E-state index >= 15 is 0 Å². The molecule has 0 spiro atoms. The van der Waals surface area contributed by atoms with E-state index in [0.29, 0.717) is 6.42 Å². The number of alkyl halides is 3. The summed E-state index contributed by atoms with van der Waals surface area (Å²) in [5.74, 6) is -1.11. The van der Waals surface area contributed by atoms with E-state index < -0.39 is 28.9 Å². The van der Waals surface area contributed by atoms with Crippen LogP contribution in [0.1, 0.15) is 35.9 Å². The highest BCUT2D eigenvalue weighted by atomic mass is 19.4. The van der Waals surface area contributed by atoms with Gasteiger partial charge in [-0.1, -0.05) is 25.5 Å². The van der Waals surface area contributed by atoms with Gasteiger partial charge in [0.1, 0.15) is 11.6 Å². The number of aromatic amines is 1. The van der Waals surface area contributed by atoms with Crippen LogP contribution in [0.15, 0.2) is 50.4 Å². The first-order valence-corrected chi connectivity index (χ1v) is 9.72. The Hall–Kier alpha value is -3.76. The molecule has 0 unspecified atom stereocenters. The highest BCUT2D eigenvalue weighted by Crippen LogP contribution is 2.33. The molecule has 0 saturated carbocycles. The second-order valence-corrected chi connectivity index (χ2v) is 7.10. The van der Waals surface area contributed by atoms with Gasteiger partial charge in [-0.05, 0) is 30.7 Å². The number of hydrogen-bond donors (Lipinski definition) is 2. The van der Waals surface area contributed by atoms with Gasteiger partial charge in [0.05, 0.1) is 5.56 Å². The number of nitrogen functional groups attached to an aromatic ring is 1. The summed E-state index contributed by atoms with van der Waals surface area (Å²) >= 11 is 0. The van der Waals surface area contributed by atoms with Crippen molar-refractivity contribution in [1.29, 1.82) is 0 Å². The molecular weight excluding hydrogens is 429 g/mol. The molecule has 170 valence electrons. The quantitative estimate of drug-likeness (QED) is 0.597. The second-order valence-electron chi connectivity index (χ2n) is 7.10. The number of H-pyrrole nitrogens is 1. The molecule has 0 aliphatic rings. The van der Waals surface area contributed by atoms with E-state index in [-0.39, 0.29) is 35.1 Å². The highest BCUT2D eigenvalue weighted by molar-refractivity contribution is 6.05. The molecule has 2 heterocycles. The number of hydrogen-bond acceptors (Lipinski definition) is 5. The molecule has 0 atom stereocenters. The van der Waals surface area contributed by atoms with Crippen LogP contribution in [-0.2, 0) is 12.7 Å². The van der Waals surface area contributed by atoms with Crippen LogP contribution in [0.2, 0.25) is 0 Å². The first kappa shape index (κ1) is 22.9. The van der Waals surface area contributed by atoms with E-state index in [4.69, 9.17) is 10.2 Å². The predicted molar refractivity (Wildman–Crippen MR) is 113 cm³/mol. The van der Waals surface area contributed by atoms with Gasteiger partial charge >= 0.3 is 11.9 Å². The normalized spacial score (nSPS) is 11.5. The molecule has 3 aromatic rings. The molecule has 0 aliphatic carbocycles. The average molecular weight is 450 g/mol. The van der Waals surface area contributed by atoms with E-state index in [1.165, 1.54) is 35.9 Å². The third-order valence-electron chi connectivity index (χ3n) is 4.88. The summed E-state index contributed by atoms with van der Waals surface area (Å²) in [5, 5.41) is 0. The molecule has 3 rings (SSSR count). The molecule has 1 aromatic carbocycles. The smallest absolute Gasteiger partial charge is 0.416 e. The molecule has 32 heavy (non-hydrogen) atoms. The van der Waals surface area contributed by atoms with E-state index in [1.54, 1.807) is 0 Å². The number of halogens is 3. The first-order valence-electron chi connectivity index (χ1n) is 9.72. The molecule has 0 aliphatic heterocycles. The average Bonchev–Trinajstić information content (AvgIpc) is 3.22. The van der Waals surface area contributed by atoms with Gasteiger partial charge in [0.15, 0.2) is 11.4 Å². The molecule has 0 saturated heterocycles. The Morgan fingerprint density at radius 2 is 1.94 bits per heavy atom. The van der Waals surface area contributed by atoms with Crippen LogP contribution >= 0.6 is 0 Å². The van der Waals surface area contributed by atoms with Gasteiger partial charge in [0.25, 0.3) is 11.5 Å². The van der Waals surface area contributed by atoms with Crippen LogP contribution in [0.3, 0.4) is 0 Å². The van der Waals surface area contributed by atoms with Gasteiger partial charge in [-0.2, -0.15) is 13.2 Å². The monoisotopic (exact) mass is 450 g/mol. The summed E-state index contributed by atoms with van der Waals surface area (Å²) in [6.07, 6.45) is -3.12. The summed E-state index contributed by atoms with van der Waals surface area (Å²) in [7, 11) is 1.28. The Balaban J connectivity index is 1.94. The van der Waals surface area contributed by atoms with Crippen LogP contribution < -0.4 is 21.9 Å². The van der Waals surface area contributed by atoms with Crippen molar-refractivity contribution in [2.75, 3.05) is 17.7 Å². The Kier molecular flexibility index (Phi) is 6.28. The maximum absolute atomic E-state index is 13.0. The maximum atomic E-state index is 13.0. The number of carbonyl (C=O) groups is 1. The number of rotatable bonds is 6. The van der Waals surface area contributed by atoms with Crippen molar-refractivity contribution in [1.82, 2.24) is 9.55 Å². The summed E-state index contributed by atoms with van der Waals surface area (Å²) in [6.45, 7) is 2.18. The number of aromatic nitrogens is 2. The van der Waals surface area contributed by atoms with Crippen LogP contribution in [0.4, 0.5) is 24.7 Å². The minimum Gasteiger partial charge on any atom is -0.451 e. The second kappa shape index (κ2) is 8.77. The zero-order chi connectivity index (χ0) is 23.6. The topological polar surface area (TPSA) is 114 Å². The Bertz CT molecular complexity index is 1260. The van der Waals surface area contributed by atoms with Crippen molar-refractivity contribution in [3.8, 4) is 11.3 Å². The Labute approximate surface area is 180 Å². The highest BCUT2D eigenvalue weighted by Gasteiger charge is 2.31. The first-order chi connectivity index (χ1) is 15.0. The molecule has 11 heteroatoms. The van der Waals surface area contributed by atoms with Gasteiger partial charge < -0.3 is 15.1 Å². The third-order valence-corrected chi connectivity index (χ3v) is 4.88. The van der Waals surface area contributed by atoms with E-state index in [0.717, 1.165) is 23.5 Å². The molecule has 1 amide bonds. The Morgan fingerprint density at radius 3 is 2.59 bits per heavy atom. The molecule has 2 aromatic heterocycles. The fraction of sp³-hybridized carbons (Fsp3) is 0.286. The predicted octanol–water partition coefficient (Wildman–Crippen LogP) is 3.47. The van der Waals surface area contributed by atoms with Crippen LogP contribution in [-0.4, -0.2) is 22.5 Å². The van der Waals surface area contributed by atoms with E-state index in [2.05, 4.69) is 4.98 Å². The number of nitrogens with two attached hydrogens (primary N) is 1. The lowest BCUT2D eigenvalue weighted by Crippen LogP contribution is -2.39. The van der Waals surface area contributed by atoms with Crippen molar-refractivity contribution in [3.63, 3.8) is 0 Å². The fourth-order valence-electron chi connectivity index (χ4n) is 3.16. The maximum Gasteiger partial charge on any atom is 0.416 e. The number of benzene rings is 1. The van der Waals surface area contributed by atoms with Crippen molar-refractivity contribution < 1.29 is 22.4 Å². The van der Waals surface area contributed by atoms with Crippen molar-refractivity contribution in [2.45, 2.75) is 32.5 Å². The standard InChI is InChI=1S/C21H21F3N4O4/c1-3-4-10-28-17(25)16(18(29)26-20(28)31)27(2)19(30)15-9-8-14(32-15)12-6-5-7-13(11-12)21(22,23)24/h5-9,11H,3-4,10,25H2,1-2H3,(H,26,29,31). The number of nitrogens with zero attached hydrogens (tertiary/aromatic N) is 2. The molecule has 3 N–H and O–H groups in total. The number of furan rings is 1. The number of anilines is 2. The molecule has 0 fully saturated rings. The van der Waals surface area contributed by atoms with Gasteiger partial charge in [-0.3, -0.25) is 19.1 Å². The van der Waals surface area contributed by atoms with Crippen LogP contribution in [0.5, 0.6) is 0 Å². The Morgan fingerprint density at radius 1 is 1.22 bits per heavy atom. The van der Waals surface area contributed by atoms with Gasteiger partial charge in [-0.15, -0.1) is 0 Å². The third kappa shape index (κ3) is 4.46. The molecule has 8 nitrogen and oxygen atoms in total. The zero-order valence-electron chi connectivity index (χ0n) is 17.3. The number of nitrogens with one attached hydrogen (secondary N) is 1. The van der Waals surface area contributed by atoms with Crippen molar-refractivity contribution >= 4 is 17.4 Å². The minimum atomic E-state index is -4.53. The SMILES string of the molecule is CCCCn1c(N)c(N(C)C(=O)c2ccc(-c3cccc(C(F)(F)F)c3)o2)c(=O)[nH]c1=O. The lowest BCUT2D eigenvalue weighted by atomic mass is 10.1. The minimum absolute atomic E-state index is 0.0441. The van der Waals surface area contributed by atoms with Crippen LogP contribution in [0, 0.1) is 0 Å². The van der Waals surface area contributed by atoms with E-state index in [1.807, 2.05) is 6.92 Å². The molecular formula is C21H21F3N4O4. The number of unbranched alkanes of at least 4 members (excludes halogenated alkanes) is 1. The summed E-state index contributed by atoms with van der Waals surface area (Å²) < 4.78 is 45.5. The number of carbonyl (C=O) groups excluding carboxylic acids is 1. The van der Waals surface area contributed by atoms with Gasteiger partial charge in [0.2, 0.25) is 0 Å². The van der Waals surface area contributed by atoms with Crippen molar-refractivity contribution in [3.05, 3.63) is 68.6 Å². The fourth-order valence-corrected chi connectivity index (χ4v) is 3.16. The van der Waals surface area contributed by atoms with Gasteiger partial charge in [-0.25, -0.2) is 4.79 Å². The molecule has 0 radical (unpaired) electrons. The summed E-state index contributed by atoms with van der Waals surface area (Å²) in [5.41, 5.74) is 3.52. The van der Waals surface area contributed by atoms with E-state index in [9.17, 15) is 27.6 Å². The summed E-state index contributed by atoms with van der Waals surface area (Å²) in [6, 6.07) is 7.11. The van der Waals surface area contributed by atoms with Gasteiger partial charge in [0, 0.05) is 19.2 Å². The lowest BCUT2D eigenvalue weighted by Gasteiger charge is -2.19. The lowest BCUT2D eigenvalue weighted by molar-refractivity contribution is -0.137. The summed E-state index contributed by atoms with van der Waals surface area (Å²) in [4.78, 5) is 40.4. The molecule has 0 bridgehead atoms. The van der Waals surface area contributed by atoms with Crippen LogP contribution in [0.25, 0.3) is 11.3 Å². The van der Waals surface area contributed by atoms with Crippen molar-refractivity contribution in [2.24, 2.45) is 0 Å². The largest absolute Gasteiger partial charge is 0.451 e.